The predicted molar refractivity (Wildman–Crippen MR) is 86.9 cm³/mol. The fraction of sp³-hybridized carbons (Fsp3) is 0.353. The number of rotatable bonds is 3. The number of aromatic nitrogens is 2. The van der Waals surface area contributed by atoms with Gasteiger partial charge in [-0.3, -0.25) is 4.79 Å². The van der Waals surface area contributed by atoms with Crippen LogP contribution in [0.1, 0.15) is 29.5 Å². The quantitative estimate of drug-likeness (QED) is 0.939. The number of carbonyl (C=O) groups excluding carboxylic acids is 1. The number of benzene rings is 1. The van der Waals surface area contributed by atoms with E-state index in [1.54, 1.807) is 6.20 Å². The lowest BCUT2D eigenvalue weighted by molar-refractivity contribution is -0.119. The fourth-order valence-corrected chi connectivity index (χ4v) is 2.70. The number of anilines is 2. The highest BCUT2D eigenvalue weighted by molar-refractivity contribution is 5.81. The first-order valence-corrected chi connectivity index (χ1v) is 7.55. The summed E-state index contributed by atoms with van der Waals surface area (Å²) in [6, 6.07) is 8.45. The third kappa shape index (κ3) is 3.24. The van der Waals surface area contributed by atoms with E-state index in [2.05, 4.69) is 46.1 Å². The smallest absolute Gasteiger partial charge is 0.221 e. The van der Waals surface area contributed by atoms with E-state index >= 15 is 0 Å². The zero-order chi connectivity index (χ0) is 15.5. The monoisotopic (exact) mass is 296 g/mol. The summed E-state index contributed by atoms with van der Waals surface area (Å²) in [6.45, 7) is 3.48. The third-order valence-corrected chi connectivity index (χ3v) is 4.00. The molecule has 0 amide bonds. The molecule has 114 valence electrons. The van der Waals surface area contributed by atoms with Gasteiger partial charge >= 0.3 is 0 Å². The first-order chi connectivity index (χ1) is 10.6. The minimum absolute atomic E-state index is 0.277. The molecule has 0 bridgehead atoms. The minimum atomic E-state index is 0.277. The van der Waals surface area contributed by atoms with Crippen LogP contribution in [0.4, 0.5) is 11.8 Å². The molecule has 1 aromatic heterocycles. The number of ketones is 1. The number of hydrogen-bond donors (Lipinski definition) is 1. The maximum Gasteiger partial charge on any atom is 0.221 e. The summed E-state index contributed by atoms with van der Waals surface area (Å²) in [6.07, 6.45) is 3.72. The molecule has 22 heavy (non-hydrogen) atoms. The van der Waals surface area contributed by atoms with Crippen molar-refractivity contribution in [3.05, 3.63) is 47.2 Å². The Morgan fingerprint density at radius 3 is 2.55 bits per heavy atom. The fourth-order valence-electron chi connectivity index (χ4n) is 2.70. The molecule has 2 aromatic rings. The van der Waals surface area contributed by atoms with Gasteiger partial charge < -0.3 is 10.6 Å². The minimum Gasteiger partial charge on any atom is -0.368 e. The average Bonchev–Trinajstić information content (AvgIpc) is 2.52. The SMILES string of the molecule is Cc1ccc(Cc2cnc(N)nc2N2CCC(=O)CC2)cc1. The van der Waals surface area contributed by atoms with Gasteiger partial charge in [0.2, 0.25) is 5.95 Å². The van der Waals surface area contributed by atoms with Crippen LogP contribution >= 0.6 is 0 Å². The molecule has 0 radical (unpaired) electrons. The van der Waals surface area contributed by atoms with Crippen LogP contribution in [0.2, 0.25) is 0 Å². The molecule has 0 saturated carbocycles. The van der Waals surface area contributed by atoms with Crippen molar-refractivity contribution in [2.45, 2.75) is 26.2 Å². The highest BCUT2D eigenvalue weighted by Gasteiger charge is 2.20. The van der Waals surface area contributed by atoms with Crippen LogP contribution in [-0.2, 0) is 11.2 Å². The van der Waals surface area contributed by atoms with Gasteiger partial charge in [0.25, 0.3) is 0 Å². The van der Waals surface area contributed by atoms with Gasteiger partial charge in [-0.15, -0.1) is 0 Å². The van der Waals surface area contributed by atoms with Gasteiger partial charge in [0.15, 0.2) is 0 Å². The predicted octanol–water partition coefficient (Wildman–Crippen LogP) is 2.13. The van der Waals surface area contributed by atoms with E-state index in [0.29, 0.717) is 31.7 Å². The van der Waals surface area contributed by atoms with E-state index in [0.717, 1.165) is 17.8 Å². The molecule has 1 fully saturated rings. The molecule has 3 rings (SSSR count). The summed E-state index contributed by atoms with van der Waals surface area (Å²) < 4.78 is 0. The third-order valence-electron chi connectivity index (χ3n) is 4.00. The molecule has 0 aliphatic carbocycles. The molecule has 1 saturated heterocycles. The van der Waals surface area contributed by atoms with Crippen molar-refractivity contribution in [1.29, 1.82) is 0 Å². The number of nitrogens with two attached hydrogens (primary N) is 1. The topological polar surface area (TPSA) is 72.1 Å². The second-order valence-corrected chi connectivity index (χ2v) is 5.77. The van der Waals surface area contributed by atoms with Crippen molar-refractivity contribution in [3.8, 4) is 0 Å². The van der Waals surface area contributed by atoms with Crippen molar-refractivity contribution in [3.63, 3.8) is 0 Å². The van der Waals surface area contributed by atoms with Crippen LogP contribution in [-0.4, -0.2) is 28.8 Å². The zero-order valence-corrected chi connectivity index (χ0v) is 12.7. The van der Waals surface area contributed by atoms with Crippen molar-refractivity contribution < 1.29 is 4.79 Å². The van der Waals surface area contributed by atoms with Crippen molar-refractivity contribution in [1.82, 2.24) is 9.97 Å². The standard InChI is InChI=1S/C17H20N4O/c1-12-2-4-13(5-3-12)10-14-11-19-17(18)20-16(14)21-8-6-15(22)7-9-21/h2-5,11H,6-10H2,1H3,(H2,18,19,20). The summed E-state index contributed by atoms with van der Waals surface area (Å²) in [5.41, 5.74) is 9.27. The molecular formula is C17H20N4O. The van der Waals surface area contributed by atoms with Crippen LogP contribution in [0.15, 0.2) is 30.5 Å². The Bertz CT molecular complexity index is 672. The Balaban J connectivity index is 1.87. The highest BCUT2D eigenvalue weighted by Crippen LogP contribution is 2.24. The van der Waals surface area contributed by atoms with E-state index in [1.807, 2.05) is 0 Å². The Kier molecular flexibility index (Phi) is 4.04. The van der Waals surface area contributed by atoms with Gasteiger partial charge in [0.1, 0.15) is 11.6 Å². The molecule has 0 atom stereocenters. The molecule has 5 heteroatoms. The largest absolute Gasteiger partial charge is 0.368 e. The van der Waals surface area contributed by atoms with Crippen LogP contribution < -0.4 is 10.6 Å². The van der Waals surface area contributed by atoms with E-state index in [9.17, 15) is 4.79 Å². The lowest BCUT2D eigenvalue weighted by Gasteiger charge is -2.28. The van der Waals surface area contributed by atoms with E-state index < -0.39 is 0 Å². The molecule has 1 aliphatic heterocycles. The molecular weight excluding hydrogens is 276 g/mol. The molecule has 5 nitrogen and oxygen atoms in total. The van der Waals surface area contributed by atoms with Gasteiger partial charge in [-0.25, -0.2) is 4.98 Å². The lowest BCUT2D eigenvalue weighted by atomic mass is 10.0. The van der Waals surface area contributed by atoms with Crippen molar-refractivity contribution >= 4 is 17.5 Å². The number of hydrogen-bond acceptors (Lipinski definition) is 5. The van der Waals surface area contributed by atoms with Crippen molar-refractivity contribution in [2.75, 3.05) is 23.7 Å². The highest BCUT2D eigenvalue weighted by atomic mass is 16.1. The van der Waals surface area contributed by atoms with Crippen molar-refractivity contribution in [2.24, 2.45) is 0 Å². The van der Waals surface area contributed by atoms with Crippen LogP contribution in [0.3, 0.4) is 0 Å². The summed E-state index contributed by atoms with van der Waals surface area (Å²) in [7, 11) is 0. The second-order valence-electron chi connectivity index (χ2n) is 5.77. The molecule has 1 aromatic carbocycles. The number of nitrogen functional groups attached to an aromatic ring is 1. The molecule has 2 heterocycles. The Labute approximate surface area is 130 Å². The van der Waals surface area contributed by atoms with Gasteiger partial charge in [-0.2, -0.15) is 4.98 Å². The first kappa shape index (κ1) is 14.5. The average molecular weight is 296 g/mol. The number of nitrogens with zero attached hydrogens (tertiary/aromatic N) is 3. The number of carbonyl (C=O) groups is 1. The van der Waals surface area contributed by atoms with Gasteiger partial charge in [-0.1, -0.05) is 29.8 Å². The first-order valence-electron chi connectivity index (χ1n) is 7.55. The van der Waals surface area contributed by atoms with E-state index in [4.69, 9.17) is 5.73 Å². The van der Waals surface area contributed by atoms with Gasteiger partial charge in [-0.05, 0) is 12.5 Å². The maximum atomic E-state index is 11.4. The van der Waals surface area contributed by atoms with Crippen LogP contribution in [0, 0.1) is 6.92 Å². The van der Waals surface area contributed by atoms with Crippen LogP contribution in [0.5, 0.6) is 0 Å². The zero-order valence-electron chi connectivity index (χ0n) is 12.7. The summed E-state index contributed by atoms with van der Waals surface area (Å²) in [4.78, 5) is 22.1. The Hall–Kier alpha value is -2.43. The molecule has 1 aliphatic rings. The lowest BCUT2D eigenvalue weighted by Crippen LogP contribution is -2.35. The normalized spacial score (nSPS) is 15.1. The summed E-state index contributed by atoms with van der Waals surface area (Å²) in [5.74, 6) is 1.46. The Morgan fingerprint density at radius 1 is 1.18 bits per heavy atom. The molecule has 0 unspecified atom stereocenters. The van der Waals surface area contributed by atoms with Crippen LogP contribution in [0.25, 0.3) is 0 Å². The van der Waals surface area contributed by atoms with E-state index in [-0.39, 0.29) is 5.95 Å². The number of Topliss-reactive ketones (excluding diaryl/α,β-unsaturated/α-hetero) is 1. The van der Waals surface area contributed by atoms with Gasteiger partial charge in [0.05, 0.1) is 0 Å². The van der Waals surface area contributed by atoms with Gasteiger partial charge in [0, 0.05) is 44.1 Å². The summed E-state index contributed by atoms with van der Waals surface area (Å²) >= 11 is 0. The molecule has 0 spiro atoms. The summed E-state index contributed by atoms with van der Waals surface area (Å²) in [5, 5.41) is 0. The second kappa shape index (κ2) is 6.13. The van der Waals surface area contributed by atoms with E-state index in [1.165, 1.54) is 11.1 Å². The number of aryl methyl sites for hydroxylation is 1. The maximum absolute atomic E-state index is 11.4. The number of piperidine rings is 1. The Morgan fingerprint density at radius 2 is 1.86 bits per heavy atom. The molecule has 2 N–H and O–H groups in total.